The van der Waals surface area contributed by atoms with Crippen LogP contribution in [0.4, 0.5) is 5.69 Å². The Morgan fingerprint density at radius 3 is 2.76 bits per heavy atom. The van der Waals surface area contributed by atoms with E-state index in [0.717, 1.165) is 35.4 Å². The molecule has 0 radical (unpaired) electrons. The Kier molecular flexibility index (Phi) is 3.88. The van der Waals surface area contributed by atoms with Crippen LogP contribution in [0.1, 0.15) is 19.2 Å². The molecule has 1 aromatic heterocycles. The van der Waals surface area contributed by atoms with Crippen molar-refractivity contribution in [3.05, 3.63) is 48.3 Å². The van der Waals surface area contributed by atoms with E-state index in [9.17, 15) is 0 Å². The van der Waals surface area contributed by atoms with Crippen LogP contribution < -0.4 is 5.73 Å². The van der Waals surface area contributed by atoms with Crippen molar-refractivity contribution in [1.82, 2.24) is 9.55 Å². The zero-order chi connectivity index (χ0) is 14.8. The van der Waals surface area contributed by atoms with Gasteiger partial charge in [-0.25, -0.2) is 4.98 Å². The van der Waals surface area contributed by atoms with Gasteiger partial charge in [0.25, 0.3) is 0 Å². The smallest absolute Gasteiger partial charge is 0.114 e. The summed E-state index contributed by atoms with van der Waals surface area (Å²) in [7, 11) is 0. The fourth-order valence-electron chi connectivity index (χ4n) is 2.62. The van der Waals surface area contributed by atoms with Crippen molar-refractivity contribution in [2.75, 3.05) is 12.0 Å². The maximum absolute atomic E-state index is 5.90. The van der Waals surface area contributed by atoms with Gasteiger partial charge in [0.1, 0.15) is 5.82 Å². The average Bonchev–Trinajstić information content (AvgIpc) is 2.84. The molecule has 3 rings (SSSR count). The molecule has 0 aliphatic rings. The van der Waals surface area contributed by atoms with Crippen molar-refractivity contribution in [1.29, 1.82) is 0 Å². The van der Waals surface area contributed by atoms with Gasteiger partial charge in [0.15, 0.2) is 0 Å². The minimum absolute atomic E-state index is 0.758. The highest BCUT2D eigenvalue weighted by Gasteiger charge is 2.14. The van der Waals surface area contributed by atoms with Crippen LogP contribution in [0.5, 0.6) is 0 Å². The number of aromatic nitrogens is 2. The van der Waals surface area contributed by atoms with E-state index in [-0.39, 0.29) is 0 Å². The van der Waals surface area contributed by atoms with Crippen molar-refractivity contribution in [3.63, 3.8) is 0 Å². The van der Waals surface area contributed by atoms with Crippen LogP contribution in [0, 0.1) is 0 Å². The third-order valence-corrected chi connectivity index (χ3v) is 4.33. The molecule has 2 aromatic carbocycles. The Labute approximate surface area is 129 Å². The molecule has 0 fully saturated rings. The van der Waals surface area contributed by atoms with Gasteiger partial charge in [0.2, 0.25) is 0 Å². The van der Waals surface area contributed by atoms with Crippen LogP contribution in [-0.2, 0) is 6.42 Å². The minimum Gasteiger partial charge on any atom is -0.399 e. The number of nitrogens with zero attached hydrogens (tertiary/aromatic N) is 2. The molecule has 0 amide bonds. The molecule has 0 saturated carbocycles. The van der Waals surface area contributed by atoms with E-state index in [1.165, 1.54) is 10.6 Å². The highest BCUT2D eigenvalue weighted by molar-refractivity contribution is 7.98. The van der Waals surface area contributed by atoms with Crippen LogP contribution in [0.25, 0.3) is 16.7 Å². The Morgan fingerprint density at radius 1 is 1.19 bits per heavy atom. The van der Waals surface area contributed by atoms with Crippen LogP contribution in [0.2, 0.25) is 0 Å². The van der Waals surface area contributed by atoms with Gasteiger partial charge in [-0.05, 0) is 43.0 Å². The first-order chi connectivity index (χ1) is 10.2. The maximum atomic E-state index is 5.90. The number of imidazole rings is 1. The number of aryl methyl sites for hydroxylation is 1. The Bertz CT molecular complexity index is 777. The summed E-state index contributed by atoms with van der Waals surface area (Å²) in [6.07, 6.45) is 4.13. The number of benzene rings is 2. The predicted molar refractivity (Wildman–Crippen MR) is 91.3 cm³/mol. The van der Waals surface area contributed by atoms with Crippen molar-refractivity contribution in [3.8, 4) is 5.69 Å². The largest absolute Gasteiger partial charge is 0.399 e. The van der Waals surface area contributed by atoms with Crippen molar-refractivity contribution in [2.45, 2.75) is 24.7 Å². The monoisotopic (exact) mass is 297 g/mol. The van der Waals surface area contributed by atoms with Crippen LogP contribution in [0.15, 0.2) is 47.4 Å². The average molecular weight is 297 g/mol. The van der Waals surface area contributed by atoms with Gasteiger partial charge in [-0.3, -0.25) is 4.57 Å². The van der Waals surface area contributed by atoms with Gasteiger partial charge >= 0.3 is 0 Å². The van der Waals surface area contributed by atoms with Crippen molar-refractivity contribution in [2.24, 2.45) is 0 Å². The zero-order valence-electron chi connectivity index (χ0n) is 12.3. The lowest BCUT2D eigenvalue weighted by molar-refractivity contribution is 0.813. The number of hydrogen-bond donors (Lipinski definition) is 1. The Balaban J connectivity index is 2.31. The highest BCUT2D eigenvalue weighted by atomic mass is 32.2. The lowest BCUT2D eigenvalue weighted by Crippen LogP contribution is -2.02. The van der Waals surface area contributed by atoms with Crippen LogP contribution >= 0.6 is 11.8 Å². The molecule has 108 valence electrons. The second-order valence-electron chi connectivity index (χ2n) is 5.03. The minimum atomic E-state index is 0.758. The molecule has 0 spiro atoms. The Morgan fingerprint density at radius 2 is 2.00 bits per heavy atom. The number of fused-ring (bicyclic) bond motifs is 1. The van der Waals surface area contributed by atoms with Gasteiger partial charge in [-0.15, -0.1) is 11.8 Å². The van der Waals surface area contributed by atoms with E-state index in [1.54, 1.807) is 11.8 Å². The van der Waals surface area contributed by atoms with E-state index >= 15 is 0 Å². The molecule has 0 bridgehead atoms. The lowest BCUT2D eigenvalue weighted by atomic mass is 10.2. The van der Waals surface area contributed by atoms with Gasteiger partial charge in [0, 0.05) is 17.0 Å². The van der Waals surface area contributed by atoms with Crippen LogP contribution in [0.3, 0.4) is 0 Å². The summed E-state index contributed by atoms with van der Waals surface area (Å²) >= 11 is 1.76. The number of rotatable bonds is 4. The first-order valence-electron chi connectivity index (χ1n) is 7.15. The summed E-state index contributed by atoms with van der Waals surface area (Å²) in [5.74, 6) is 1.10. The van der Waals surface area contributed by atoms with E-state index in [1.807, 2.05) is 12.1 Å². The molecule has 21 heavy (non-hydrogen) atoms. The molecule has 0 atom stereocenters. The topological polar surface area (TPSA) is 43.8 Å². The molecular formula is C17H19N3S. The normalized spacial score (nSPS) is 11.1. The van der Waals surface area contributed by atoms with E-state index in [2.05, 4.69) is 48.1 Å². The van der Waals surface area contributed by atoms with Gasteiger partial charge in [-0.1, -0.05) is 19.1 Å². The molecule has 3 nitrogen and oxygen atoms in total. The molecule has 0 unspecified atom stereocenters. The number of nitrogen functional groups attached to an aromatic ring is 1. The first-order valence-corrected chi connectivity index (χ1v) is 8.37. The molecule has 0 aliphatic heterocycles. The summed E-state index contributed by atoms with van der Waals surface area (Å²) in [4.78, 5) is 6.04. The number of thioether (sulfide) groups is 1. The number of nitrogens with two attached hydrogens (primary N) is 1. The summed E-state index contributed by atoms with van der Waals surface area (Å²) < 4.78 is 2.27. The number of hydrogen-bond acceptors (Lipinski definition) is 3. The van der Waals surface area contributed by atoms with Crippen molar-refractivity contribution < 1.29 is 0 Å². The molecule has 1 heterocycles. The van der Waals surface area contributed by atoms with E-state index < -0.39 is 0 Å². The van der Waals surface area contributed by atoms with Crippen LogP contribution in [-0.4, -0.2) is 15.8 Å². The molecular weight excluding hydrogens is 278 g/mol. The standard InChI is InChI=1S/C17H19N3S/c1-3-6-17-19-13-11-12(18)9-10-14(13)20(17)15-7-4-5-8-16(15)21-2/h4-5,7-11H,3,6,18H2,1-2H3. The molecule has 3 aromatic rings. The fraction of sp³-hybridized carbons (Fsp3) is 0.235. The summed E-state index contributed by atoms with van der Waals surface area (Å²) in [6.45, 7) is 2.18. The Hall–Kier alpha value is -1.94. The van der Waals surface area contributed by atoms with Gasteiger partial charge in [0.05, 0.1) is 16.7 Å². The zero-order valence-corrected chi connectivity index (χ0v) is 13.2. The second kappa shape index (κ2) is 5.82. The number of para-hydroxylation sites is 1. The summed E-state index contributed by atoms with van der Waals surface area (Å²) in [5, 5.41) is 0. The van der Waals surface area contributed by atoms with Gasteiger partial charge in [-0.2, -0.15) is 0 Å². The third-order valence-electron chi connectivity index (χ3n) is 3.55. The van der Waals surface area contributed by atoms with E-state index in [0.29, 0.717) is 0 Å². The highest BCUT2D eigenvalue weighted by Crippen LogP contribution is 2.29. The number of anilines is 1. The van der Waals surface area contributed by atoms with Gasteiger partial charge < -0.3 is 5.73 Å². The quantitative estimate of drug-likeness (QED) is 0.577. The van der Waals surface area contributed by atoms with Crippen molar-refractivity contribution >= 4 is 28.5 Å². The summed E-state index contributed by atoms with van der Waals surface area (Å²) in [6, 6.07) is 14.4. The molecule has 4 heteroatoms. The lowest BCUT2D eigenvalue weighted by Gasteiger charge is -2.12. The maximum Gasteiger partial charge on any atom is 0.114 e. The molecule has 2 N–H and O–H groups in total. The second-order valence-corrected chi connectivity index (χ2v) is 5.88. The summed E-state index contributed by atoms with van der Waals surface area (Å²) in [5.41, 5.74) is 9.94. The molecule has 0 aliphatic carbocycles. The first kappa shape index (κ1) is 14.0. The molecule has 0 saturated heterocycles. The van der Waals surface area contributed by atoms with E-state index in [4.69, 9.17) is 10.7 Å². The SMILES string of the molecule is CCCc1nc2cc(N)ccc2n1-c1ccccc1SC. The predicted octanol–water partition coefficient (Wildman–Crippen LogP) is 4.28. The third kappa shape index (κ3) is 2.51. The fourth-order valence-corrected chi connectivity index (χ4v) is 3.20.